The molecule has 2 aromatic rings. The van der Waals surface area contributed by atoms with Crippen molar-refractivity contribution in [3.8, 4) is 0 Å². The van der Waals surface area contributed by atoms with Crippen LogP contribution in [0.4, 0.5) is 8.78 Å². The molecule has 0 aliphatic rings. The van der Waals surface area contributed by atoms with Crippen molar-refractivity contribution >= 4 is 10.0 Å². The van der Waals surface area contributed by atoms with Crippen LogP contribution in [0.3, 0.4) is 0 Å². The van der Waals surface area contributed by atoms with E-state index < -0.39 is 32.1 Å². The number of halogens is 2. The molecule has 0 aliphatic carbocycles. The van der Waals surface area contributed by atoms with Crippen LogP contribution in [-0.4, -0.2) is 20.5 Å². The van der Waals surface area contributed by atoms with Gasteiger partial charge in [0.15, 0.2) is 0 Å². The largest absolute Gasteiger partial charge is 0.304 e. The third-order valence-corrected chi connectivity index (χ3v) is 5.23. The number of hydrogen-bond donors (Lipinski definition) is 2. The zero-order valence-corrected chi connectivity index (χ0v) is 15.2. The van der Waals surface area contributed by atoms with Crippen LogP contribution in [0.2, 0.25) is 0 Å². The van der Waals surface area contributed by atoms with Crippen LogP contribution in [0.25, 0.3) is 0 Å². The SMILES string of the molecule is CC(NC(C)(C)CNS(=O)(=O)c1ccc(F)cc1F)c1ccccc1. The van der Waals surface area contributed by atoms with E-state index in [1.165, 1.54) is 0 Å². The molecule has 1 atom stereocenters. The van der Waals surface area contributed by atoms with Crippen molar-refractivity contribution in [2.45, 2.75) is 37.2 Å². The molecule has 0 saturated heterocycles. The average Bonchev–Trinajstić information content (AvgIpc) is 2.53. The van der Waals surface area contributed by atoms with E-state index in [4.69, 9.17) is 0 Å². The summed E-state index contributed by atoms with van der Waals surface area (Å²) in [6.07, 6.45) is 0. The van der Waals surface area contributed by atoms with Gasteiger partial charge in [-0.3, -0.25) is 0 Å². The molecule has 0 bridgehead atoms. The summed E-state index contributed by atoms with van der Waals surface area (Å²) in [5, 5.41) is 3.34. The van der Waals surface area contributed by atoms with E-state index in [0.29, 0.717) is 6.07 Å². The Morgan fingerprint density at radius 1 is 1.08 bits per heavy atom. The van der Waals surface area contributed by atoms with E-state index in [0.717, 1.165) is 17.7 Å². The zero-order valence-electron chi connectivity index (χ0n) is 14.4. The van der Waals surface area contributed by atoms with Crippen LogP contribution >= 0.6 is 0 Å². The topological polar surface area (TPSA) is 58.2 Å². The summed E-state index contributed by atoms with van der Waals surface area (Å²) in [4.78, 5) is -0.569. The molecular formula is C18H22F2N2O2S. The van der Waals surface area contributed by atoms with Crippen LogP contribution in [0.5, 0.6) is 0 Å². The van der Waals surface area contributed by atoms with E-state index in [2.05, 4.69) is 10.0 Å². The van der Waals surface area contributed by atoms with E-state index in [1.54, 1.807) is 0 Å². The first-order valence-electron chi connectivity index (χ1n) is 7.88. The van der Waals surface area contributed by atoms with Crippen molar-refractivity contribution in [2.24, 2.45) is 0 Å². The number of benzene rings is 2. The van der Waals surface area contributed by atoms with Gasteiger partial charge in [-0.05, 0) is 38.5 Å². The molecule has 0 heterocycles. The lowest BCUT2D eigenvalue weighted by molar-refractivity contribution is 0.346. The highest BCUT2D eigenvalue weighted by Gasteiger charge is 2.26. The summed E-state index contributed by atoms with van der Waals surface area (Å²) in [5.41, 5.74) is 0.488. The second-order valence-electron chi connectivity index (χ2n) is 6.56. The van der Waals surface area contributed by atoms with Gasteiger partial charge in [0.1, 0.15) is 16.5 Å². The molecule has 2 rings (SSSR count). The van der Waals surface area contributed by atoms with Gasteiger partial charge in [0.05, 0.1) is 0 Å². The molecule has 2 N–H and O–H groups in total. The molecule has 0 aliphatic heterocycles. The standard InChI is InChI=1S/C18H22F2N2O2S/c1-13(14-7-5-4-6-8-14)22-18(2,3)12-21-25(23,24)17-10-9-15(19)11-16(17)20/h4-11,13,21-22H,12H2,1-3H3. The van der Waals surface area contributed by atoms with Crippen LogP contribution in [0.15, 0.2) is 53.4 Å². The second-order valence-corrected chi connectivity index (χ2v) is 8.30. The fourth-order valence-corrected chi connectivity index (χ4v) is 3.78. The minimum Gasteiger partial charge on any atom is -0.304 e. The Bertz CT molecular complexity index is 824. The normalized spacial score (nSPS) is 13.6. The Hall–Kier alpha value is -1.83. The minimum absolute atomic E-state index is 0.00302. The Labute approximate surface area is 147 Å². The van der Waals surface area contributed by atoms with Crippen molar-refractivity contribution < 1.29 is 17.2 Å². The molecular weight excluding hydrogens is 346 g/mol. The predicted molar refractivity (Wildman–Crippen MR) is 93.6 cm³/mol. The fraction of sp³-hybridized carbons (Fsp3) is 0.333. The van der Waals surface area contributed by atoms with Crippen LogP contribution in [-0.2, 0) is 10.0 Å². The first-order valence-corrected chi connectivity index (χ1v) is 9.36. The number of hydrogen-bond acceptors (Lipinski definition) is 3. The molecule has 0 amide bonds. The van der Waals surface area contributed by atoms with E-state index >= 15 is 0 Å². The second kappa shape index (κ2) is 7.59. The first kappa shape index (κ1) is 19.5. The lowest BCUT2D eigenvalue weighted by Crippen LogP contribution is -2.49. The van der Waals surface area contributed by atoms with Crippen LogP contribution < -0.4 is 10.0 Å². The molecule has 0 saturated carbocycles. The summed E-state index contributed by atoms with van der Waals surface area (Å²) in [5.74, 6) is -1.94. The third kappa shape index (κ3) is 5.32. The number of sulfonamides is 1. The smallest absolute Gasteiger partial charge is 0.243 e. The molecule has 4 nitrogen and oxygen atoms in total. The molecule has 2 aromatic carbocycles. The van der Waals surface area contributed by atoms with Crippen molar-refractivity contribution in [1.82, 2.24) is 10.0 Å². The zero-order chi connectivity index (χ0) is 18.7. The Morgan fingerprint density at radius 2 is 1.72 bits per heavy atom. The molecule has 136 valence electrons. The van der Waals surface area contributed by atoms with E-state index in [-0.39, 0.29) is 12.6 Å². The summed E-state index contributed by atoms with van der Waals surface area (Å²) in [7, 11) is -4.07. The highest BCUT2D eigenvalue weighted by molar-refractivity contribution is 7.89. The lowest BCUT2D eigenvalue weighted by Gasteiger charge is -2.30. The van der Waals surface area contributed by atoms with Gasteiger partial charge in [-0.25, -0.2) is 21.9 Å². The van der Waals surface area contributed by atoms with Crippen molar-refractivity contribution in [3.05, 3.63) is 65.7 Å². The van der Waals surface area contributed by atoms with Gasteiger partial charge in [-0.1, -0.05) is 30.3 Å². The van der Waals surface area contributed by atoms with Gasteiger partial charge in [0, 0.05) is 24.2 Å². The molecule has 0 fully saturated rings. The number of rotatable bonds is 7. The third-order valence-electron chi connectivity index (χ3n) is 3.79. The van der Waals surface area contributed by atoms with Gasteiger partial charge in [0.2, 0.25) is 10.0 Å². The maximum atomic E-state index is 13.7. The molecule has 25 heavy (non-hydrogen) atoms. The highest BCUT2D eigenvalue weighted by atomic mass is 32.2. The predicted octanol–water partition coefficient (Wildman–Crippen LogP) is 3.37. The van der Waals surface area contributed by atoms with E-state index in [9.17, 15) is 17.2 Å². The van der Waals surface area contributed by atoms with Crippen LogP contribution in [0.1, 0.15) is 32.4 Å². The monoisotopic (exact) mass is 368 g/mol. The van der Waals surface area contributed by atoms with E-state index in [1.807, 2.05) is 51.1 Å². The van der Waals surface area contributed by atoms with Crippen LogP contribution in [0, 0.1) is 11.6 Å². The van der Waals surface area contributed by atoms with Crippen molar-refractivity contribution in [3.63, 3.8) is 0 Å². The van der Waals surface area contributed by atoms with Gasteiger partial charge in [-0.2, -0.15) is 0 Å². The fourth-order valence-electron chi connectivity index (χ4n) is 2.51. The minimum atomic E-state index is -4.07. The molecule has 0 aromatic heterocycles. The quantitative estimate of drug-likeness (QED) is 0.788. The van der Waals surface area contributed by atoms with Gasteiger partial charge in [-0.15, -0.1) is 0 Å². The summed E-state index contributed by atoms with van der Waals surface area (Å²) >= 11 is 0. The summed E-state index contributed by atoms with van der Waals surface area (Å²) < 4.78 is 53.6. The number of nitrogens with one attached hydrogen (secondary N) is 2. The molecule has 0 spiro atoms. The van der Waals surface area contributed by atoms with Gasteiger partial charge < -0.3 is 5.32 Å². The summed E-state index contributed by atoms with van der Waals surface area (Å²) in [6.45, 7) is 5.71. The maximum absolute atomic E-state index is 13.7. The Morgan fingerprint density at radius 3 is 2.32 bits per heavy atom. The lowest BCUT2D eigenvalue weighted by atomic mass is 10.0. The summed E-state index contributed by atoms with van der Waals surface area (Å²) in [6, 6.07) is 12.1. The van der Waals surface area contributed by atoms with Gasteiger partial charge >= 0.3 is 0 Å². The average molecular weight is 368 g/mol. The Kier molecular flexibility index (Phi) is 5.92. The van der Waals surface area contributed by atoms with Gasteiger partial charge in [0.25, 0.3) is 0 Å². The molecule has 0 radical (unpaired) electrons. The Balaban J connectivity index is 2.05. The molecule has 7 heteroatoms. The maximum Gasteiger partial charge on any atom is 0.243 e. The van der Waals surface area contributed by atoms with Crippen molar-refractivity contribution in [2.75, 3.05) is 6.54 Å². The molecule has 1 unspecified atom stereocenters. The first-order chi connectivity index (χ1) is 11.6. The highest BCUT2D eigenvalue weighted by Crippen LogP contribution is 2.18. The van der Waals surface area contributed by atoms with Crippen molar-refractivity contribution in [1.29, 1.82) is 0 Å².